The summed E-state index contributed by atoms with van der Waals surface area (Å²) in [6, 6.07) is 5.48. The fourth-order valence-electron chi connectivity index (χ4n) is 2.08. The molecule has 0 aliphatic carbocycles. The standard InChI is InChI=1S/C11H14BrN3O2.ClH/c1-8-7-13-4-5-14(8)10-3-2-9(12)6-11(10)15(16)17;/h2-3,6,8,13H,4-5,7H2,1H3;1H/t8-;/m0./s1. The van der Waals surface area contributed by atoms with E-state index in [9.17, 15) is 10.1 Å². The van der Waals surface area contributed by atoms with Gasteiger partial charge in [0.1, 0.15) is 5.69 Å². The van der Waals surface area contributed by atoms with Crippen LogP contribution in [0.3, 0.4) is 0 Å². The average molecular weight is 337 g/mol. The number of halogens is 2. The van der Waals surface area contributed by atoms with E-state index in [2.05, 4.69) is 33.1 Å². The van der Waals surface area contributed by atoms with Crippen molar-refractivity contribution in [3.8, 4) is 0 Å². The molecule has 18 heavy (non-hydrogen) atoms. The minimum Gasteiger partial charge on any atom is -0.361 e. The summed E-state index contributed by atoms with van der Waals surface area (Å²) in [5.41, 5.74) is 0.861. The van der Waals surface area contributed by atoms with E-state index in [0.29, 0.717) is 5.69 Å². The Morgan fingerprint density at radius 2 is 2.28 bits per heavy atom. The van der Waals surface area contributed by atoms with Gasteiger partial charge in [-0.25, -0.2) is 0 Å². The summed E-state index contributed by atoms with van der Waals surface area (Å²) in [5, 5.41) is 14.3. The number of nitro benzene ring substituents is 1. The lowest BCUT2D eigenvalue weighted by atomic mass is 10.1. The van der Waals surface area contributed by atoms with Gasteiger partial charge in [-0.15, -0.1) is 12.4 Å². The van der Waals surface area contributed by atoms with Crippen molar-refractivity contribution in [3.63, 3.8) is 0 Å². The molecule has 0 unspecified atom stereocenters. The highest BCUT2D eigenvalue weighted by Gasteiger charge is 2.25. The van der Waals surface area contributed by atoms with E-state index in [1.165, 1.54) is 0 Å². The second kappa shape index (κ2) is 6.36. The molecular formula is C11H15BrClN3O2. The van der Waals surface area contributed by atoms with Gasteiger partial charge < -0.3 is 10.2 Å². The van der Waals surface area contributed by atoms with Crippen LogP contribution >= 0.6 is 28.3 Å². The minimum absolute atomic E-state index is 0. The number of benzene rings is 1. The smallest absolute Gasteiger partial charge is 0.293 e. The minimum atomic E-state index is -0.325. The maximum atomic E-state index is 11.1. The number of hydrogen-bond donors (Lipinski definition) is 1. The van der Waals surface area contributed by atoms with Crippen molar-refractivity contribution < 1.29 is 4.92 Å². The van der Waals surface area contributed by atoms with E-state index in [1.807, 2.05) is 12.1 Å². The summed E-state index contributed by atoms with van der Waals surface area (Å²) in [4.78, 5) is 12.8. The van der Waals surface area contributed by atoms with Crippen LogP contribution in [-0.2, 0) is 0 Å². The molecule has 1 heterocycles. The van der Waals surface area contributed by atoms with Gasteiger partial charge in [-0.2, -0.15) is 0 Å². The van der Waals surface area contributed by atoms with Crippen LogP contribution < -0.4 is 10.2 Å². The Labute approximate surface area is 120 Å². The van der Waals surface area contributed by atoms with Gasteiger partial charge in [0.05, 0.1) is 4.92 Å². The first-order valence-corrected chi connectivity index (χ1v) is 6.30. The van der Waals surface area contributed by atoms with Crippen molar-refractivity contribution in [2.45, 2.75) is 13.0 Å². The van der Waals surface area contributed by atoms with Crippen molar-refractivity contribution >= 4 is 39.7 Å². The molecule has 0 amide bonds. The van der Waals surface area contributed by atoms with Crippen LogP contribution in [0.25, 0.3) is 0 Å². The van der Waals surface area contributed by atoms with E-state index in [0.717, 1.165) is 24.1 Å². The van der Waals surface area contributed by atoms with Gasteiger partial charge in [-0.1, -0.05) is 15.9 Å². The van der Waals surface area contributed by atoms with Crippen molar-refractivity contribution in [2.24, 2.45) is 0 Å². The lowest BCUT2D eigenvalue weighted by molar-refractivity contribution is -0.384. The van der Waals surface area contributed by atoms with Crippen LogP contribution in [0.5, 0.6) is 0 Å². The van der Waals surface area contributed by atoms with Gasteiger partial charge in [0.2, 0.25) is 0 Å². The molecule has 0 aromatic heterocycles. The predicted molar refractivity (Wildman–Crippen MR) is 77.7 cm³/mol. The number of hydrogen-bond acceptors (Lipinski definition) is 4. The first-order chi connectivity index (χ1) is 8.09. The average Bonchev–Trinajstić information content (AvgIpc) is 2.30. The topological polar surface area (TPSA) is 58.4 Å². The maximum Gasteiger partial charge on any atom is 0.293 e. The van der Waals surface area contributed by atoms with E-state index >= 15 is 0 Å². The Bertz CT molecular complexity index is 444. The number of anilines is 1. The molecule has 1 N–H and O–H groups in total. The molecule has 0 radical (unpaired) electrons. The Hall–Kier alpha value is -0.850. The fraction of sp³-hybridized carbons (Fsp3) is 0.455. The molecule has 7 heteroatoms. The van der Waals surface area contributed by atoms with Crippen molar-refractivity contribution in [3.05, 3.63) is 32.8 Å². The number of piperazine rings is 1. The van der Waals surface area contributed by atoms with Gasteiger partial charge in [0, 0.05) is 36.2 Å². The highest BCUT2D eigenvalue weighted by Crippen LogP contribution is 2.32. The molecule has 0 saturated carbocycles. The Morgan fingerprint density at radius 1 is 1.56 bits per heavy atom. The molecule has 1 aromatic rings. The zero-order valence-corrected chi connectivity index (χ0v) is 12.3. The summed E-state index contributed by atoms with van der Waals surface area (Å²) in [7, 11) is 0. The third-order valence-corrected chi connectivity index (χ3v) is 3.44. The normalized spacial score (nSPS) is 19.2. The van der Waals surface area contributed by atoms with E-state index < -0.39 is 0 Å². The molecule has 1 aliphatic heterocycles. The van der Waals surface area contributed by atoms with Gasteiger partial charge in [0.15, 0.2) is 0 Å². The summed E-state index contributed by atoms with van der Waals surface area (Å²) in [6.45, 7) is 4.58. The van der Waals surface area contributed by atoms with Crippen molar-refractivity contribution in [2.75, 3.05) is 24.5 Å². The second-order valence-corrected chi connectivity index (χ2v) is 5.05. The van der Waals surface area contributed by atoms with E-state index in [1.54, 1.807) is 6.07 Å². The summed E-state index contributed by atoms with van der Waals surface area (Å²) in [5.74, 6) is 0. The van der Waals surface area contributed by atoms with Crippen LogP contribution in [0.2, 0.25) is 0 Å². The zero-order chi connectivity index (χ0) is 12.4. The Morgan fingerprint density at radius 3 is 2.89 bits per heavy atom. The van der Waals surface area contributed by atoms with Crippen LogP contribution in [0.1, 0.15) is 6.92 Å². The molecule has 0 bridgehead atoms. The van der Waals surface area contributed by atoms with Crippen LogP contribution in [0.4, 0.5) is 11.4 Å². The van der Waals surface area contributed by atoms with Crippen LogP contribution in [0, 0.1) is 10.1 Å². The highest BCUT2D eigenvalue weighted by molar-refractivity contribution is 9.10. The fourth-order valence-corrected chi connectivity index (χ4v) is 2.43. The molecule has 1 atom stereocenters. The zero-order valence-electron chi connectivity index (χ0n) is 9.93. The molecule has 1 fully saturated rings. The second-order valence-electron chi connectivity index (χ2n) is 4.14. The molecule has 1 aromatic carbocycles. The number of nitro groups is 1. The van der Waals surface area contributed by atoms with Crippen molar-refractivity contribution in [1.82, 2.24) is 5.32 Å². The molecule has 5 nitrogen and oxygen atoms in total. The van der Waals surface area contributed by atoms with Gasteiger partial charge >= 0.3 is 0 Å². The van der Waals surface area contributed by atoms with Crippen molar-refractivity contribution in [1.29, 1.82) is 0 Å². The Kier molecular flexibility index (Phi) is 5.37. The lowest BCUT2D eigenvalue weighted by Gasteiger charge is -2.35. The quantitative estimate of drug-likeness (QED) is 0.666. The predicted octanol–water partition coefficient (Wildman–Crippen LogP) is 2.58. The van der Waals surface area contributed by atoms with Gasteiger partial charge in [0.25, 0.3) is 5.69 Å². The maximum absolute atomic E-state index is 11.1. The molecule has 1 saturated heterocycles. The third kappa shape index (κ3) is 3.13. The highest BCUT2D eigenvalue weighted by atomic mass is 79.9. The third-order valence-electron chi connectivity index (χ3n) is 2.94. The van der Waals surface area contributed by atoms with Crippen LogP contribution in [0.15, 0.2) is 22.7 Å². The van der Waals surface area contributed by atoms with E-state index in [-0.39, 0.29) is 29.1 Å². The Balaban J connectivity index is 0.00000162. The molecule has 0 spiro atoms. The van der Waals surface area contributed by atoms with Gasteiger partial charge in [-0.05, 0) is 19.1 Å². The summed E-state index contributed by atoms with van der Waals surface area (Å²) < 4.78 is 0.732. The van der Waals surface area contributed by atoms with E-state index in [4.69, 9.17) is 0 Å². The summed E-state index contributed by atoms with van der Waals surface area (Å²) in [6.07, 6.45) is 0. The molecular weight excluding hydrogens is 321 g/mol. The number of nitrogens with zero attached hydrogens (tertiary/aromatic N) is 2. The monoisotopic (exact) mass is 335 g/mol. The number of nitrogens with one attached hydrogen (secondary N) is 1. The largest absolute Gasteiger partial charge is 0.361 e. The molecule has 100 valence electrons. The SMILES string of the molecule is C[C@H]1CNCCN1c1ccc(Br)cc1[N+](=O)[O-].Cl. The van der Waals surface area contributed by atoms with Crippen LogP contribution in [-0.4, -0.2) is 30.6 Å². The molecule has 2 rings (SSSR count). The first kappa shape index (κ1) is 15.2. The summed E-state index contributed by atoms with van der Waals surface area (Å²) >= 11 is 3.27. The number of rotatable bonds is 2. The first-order valence-electron chi connectivity index (χ1n) is 5.51. The lowest BCUT2D eigenvalue weighted by Crippen LogP contribution is -2.50. The van der Waals surface area contributed by atoms with Gasteiger partial charge in [-0.3, -0.25) is 10.1 Å². The molecule has 1 aliphatic rings.